The van der Waals surface area contributed by atoms with Crippen LogP contribution in [0, 0.1) is 5.95 Å². The molecule has 0 spiro atoms. The Morgan fingerprint density at radius 3 is 2.52 bits per heavy atom. The molecule has 0 bridgehead atoms. The van der Waals surface area contributed by atoms with Crippen molar-refractivity contribution < 1.29 is 31.8 Å². The SMILES string of the molecule is C[C@@H](Oc1nc(F)c(Cl)c(N)c1Cl)C(=O)OCc1ccccc1C(F)(F)F. The van der Waals surface area contributed by atoms with E-state index in [1.54, 1.807) is 0 Å². The highest BCUT2D eigenvalue weighted by atomic mass is 35.5. The molecule has 2 N–H and O–H groups in total. The normalized spacial score (nSPS) is 12.6. The van der Waals surface area contributed by atoms with E-state index in [-0.39, 0.29) is 16.3 Å². The van der Waals surface area contributed by atoms with Crippen LogP contribution >= 0.6 is 23.2 Å². The Morgan fingerprint density at radius 2 is 1.89 bits per heavy atom. The molecule has 2 aromatic rings. The van der Waals surface area contributed by atoms with Crippen molar-refractivity contribution in [2.75, 3.05) is 5.73 Å². The van der Waals surface area contributed by atoms with Crippen LogP contribution in [0.25, 0.3) is 0 Å². The van der Waals surface area contributed by atoms with Gasteiger partial charge in [0.2, 0.25) is 11.8 Å². The molecule has 0 unspecified atom stereocenters. The van der Waals surface area contributed by atoms with Gasteiger partial charge in [-0.25, -0.2) is 4.79 Å². The van der Waals surface area contributed by atoms with E-state index >= 15 is 0 Å². The Labute approximate surface area is 161 Å². The molecular formula is C16H12Cl2F4N2O3. The summed E-state index contributed by atoms with van der Waals surface area (Å²) in [5.41, 5.74) is 3.99. The summed E-state index contributed by atoms with van der Waals surface area (Å²) in [6.45, 7) is 0.583. The Bertz CT molecular complexity index is 862. The zero-order chi connectivity index (χ0) is 20.4. The van der Waals surface area contributed by atoms with Gasteiger partial charge >= 0.3 is 12.1 Å². The fourth-order valence-electron chi connectivity index (χ4n) is 1.99. The summed E-state index contributed by atoms with van der Waals surface area (Å²) in [5.74, 6) is -2.68. The van der Waals surface area contributed by atoms with Crippen LogP contribution in [0.1, 0.15) is 18.1 Å². The van der Waals surface area contributed by atoms with Gasteiger partial charge in [-0.05, 0) is 13.0 Å². The number of hydrogen-bond donors (Lipinski definition) is 1. The predicted molar refractivity (Wildman–Crippen MR) is 90.0 cm³/mol. The van der Waals surface area contributed by atoms with Crippen molar-refractivity contribution in [3.05, 3.63) is 51.4 Å². The summed E-state index contributed by atoms with van der Waals surface area (Å²) in [4.78, 5) is 15.3. The zero-order valence-corrected chi connectivity index (χ0v) is 15.1. The average molecular weight is 427 g/mol. The number of hydrogen-bond acceptors (Lipinski definition) is 5. The minimum absolute atomic E-state index is 0.233. The van der Waals surface area contributed by atoms with Crippen molar-refractivity contribution in [3.63, 3.8) is 0 Å². The molecule has 0 fully saturated rings. The number of nitrogens with two attached hydrogens (primary N) is 1. The van der Waals surface area contributed by atoms with Crippen molar-refractivity contribution >= 4 is 34.9 Å². The number of alkyl halides is 3. The van der Waals surface area contributed by atoms with Gasteiger partial charge in [-0.2, -0.15) is 22.5 Å². The predicted octanol–water partition coefficient (Wildman–Crippen LogP) is 4.64. The first-order valence-electron chi connectivity index (χ1n) is 7.30. The summed E-state index contributed by atoms with van der Waals surface area (Å²) in [6, 6.07) is 4.63. The first-order chi connectivity index (χ1) is 12.5. The molecule has 0 aliphatic carbocycles. The van der Waals surface area contributed by atoms with Crippen LogP contribution in [-0.4, -0.2) is 17.1 Å². The van der Waals surface area contributed by atoms with Gasteiger partial charge in [0.1, 0.15) is 16.7 Å². The smallest absolute Gasteiger partial charge is 0.416 e. The van der Waals surface area contributed by atoms with Gasteiger partial charge in [-0.1, -0.05) is 41.4 Å². The first kappa shape index (κ1) is 21.0. The lowest BCUT2D eigenvalue weighted by atomic mass is 10.1. The van der Waals surface area contributed by atoms with Crippen molar-refractivity contribution in [2.24, 2.45) is 0 Å². The van der Waals surface area contributed by atoms with Gasteiger partial charge in [0.05, 0.1) is 11.3 Å². The van der Waals surface area contributed by atoms with E-state index in [0.717, 1.165) is 6.07 Å². The molecule has 1 heterocycles. The van der Waals surface area contributed by atoms with Crippen LogP contribution < -0.4 is 10.5 Å². The third-order valence-corrected chi connectivity index (χ3v) is 4.08. The molecule has 1 aromatic heterocycles. The number of carbonyl (C=O) groups is 1. The standard InChI is InChI=1S/C16H12Cl2F4N2O3/c1-7(27-14-11(18)12(23)10(17)13(19)24-14)15(25)26-6-8-4-2-3-5-9(8)16(20,21)22/h2-5,7H,6H2,1H3,(H2,23,24)/t7-/m1/s1. The van der Waals surface area contributed by atoms with Gasteiger partial charge in [0, 0.05) is 5.56 Å². The maximum Gasteiger partial charge on any atom is 0.416 e. The van der Waals surface area contributed by atoms with E-state index in [4.69, 9.17) is 38.4 Å². The third-order valence-electron chi connectivity index (χ3n) is 3.35. The van der Waals surface area contributed by atoms with E-state index in [0.29, 0.717) is 0 Å². The summed E-state index contributed by atoms with van der Waals surface area (Å²) in [7, 11) is 0. The topological polar surface area (TPSA) is 74.4 Å². The number of halogens is 6. The molecule has 1 atom stereocenters. The maximum atomic E-state index is 13.5. The highest BCUT2D eigenvalue weighted by Gasteiger charge is 2.33. The lowest BCUT2D eigenvalue weighted by molar-refractivity contribution is -0.154. The summed E-state index contributed by atoms with van der Waals surface area (Å²) in [5, 5.41) is -0.824. The molecule has 0 saturated carbocycles. The van der Waals surface area contributed by atoms with E-state index in [2.05, 4.69) is 4.98 Å². The van der Waals surface area contributed by atoms with Crippen molar-refractivity contribution in [1.29, 1.82) is 0 Å². The first-order valence-corrected chi connectivity index (χ1v) is 8.06. The van der Waals surface area contributed by atoms with Gasteiger partial charge in [-0.15, -0.1) is 0 Å². The maximum absolute atomic E-state index is 13.5. The number of nitrogens with zero attached hydrogens (tertiary/aromatic N) is 1. The van der Waals surface area contributed by atoms with Crippen LogP contribution in [-0.2, 0) is 22.3 Å². The van der Waals surface area contributed by atoms with Gasteiger partial charge in [0.15, 0.2) is 6.10 Å². The fourth-order valence-corrected chi connectivity index (χ4v) is 2.36. The Balaban J connectivity index is 2.08. The molecule has 0 amide bonds. The second kappa shape index (κ2) is 8.18. The van der Waals surface area contributed by atoms with Crippen LogP contribution in [0.4, 0.5) is 23.2 Å². The number of rotatable bonds is 5. The number of ether oxygens (including phenoxy) is 2. The molecule has 0 aliphatic heterocycles. The molecule has 1 aromatic carbocycles. The molecular weight excluding hydrogens is 415 g/mol. The molecule has 27 heavy (non-hydrogen) atoms. The number of benzene rings is 1. The molecule has 11 heteroatoms. The van der Waals surface area contributed by atoms with E-state index in [1.807, 2.05) is 0 Å². The van der Waals surface area contributed by atoms with Crippen molar-refractivity contribution in [3.8, 4) is 5.88 Å². The minimum atomic E-state index is -4.60. The van der Waals surface area contributed by atoms with Gasteiger partial charge in [-0.3, -0.25) is 0 Å². The molecule has 5 nitrogen and oxygen atoms in total. The fraction of sp³-hybridized carbons (Fsp3) is 0.250. The van der Waals surface area contributed by atoms with E-state index in [9.17, 15) is 22.4 Å². The molecule has 0 radical (unpaired) electrons. The quantitative estimate of drug-likeness (QED) is 0.428. The second-order valence-corrected chi connectivity index (χ2v) is 6.03. The average Bonchev–Trinajstić information content (AvgIpc) is 2.61. The molecule has 2 rings (SSSR count). The monoisotopic (exact) mass is 426 g/mol. The van der Waals surface area contributed by atoms with Crippen molar-refractivity contribution in [1.82, 2.24) is 4.98 Å². The lowest BCUT2D eigenvalue weighted by Gasteiger charge is -2.16. The largest absolute Gasteiger partial charge is 0.461 e. The number of carbonyl (C=O) groups excluding carboxylic acids is 1. The number of aromatic nitrogens is 1. The zero-order valence-electron chi connectivity index (χ0n) is 13.6. The number of esters is 1. The minimum Gasteiger partial charge on any atom is -0.461 e. The van der Waals surface area contributed by atoms with Crippen LogP contribution in [0.2, 0.25) is 10.0 Å². The highest BCUT2D eigenvalue weighted by Crippen LogP contribution is 2.36. The molecule has 0 saturated heterocycles. The summed E-state index contributed by atoms with van der Waals surface area (Å²) >= 11 is 11.4. The Hall–Kier alpha value is -2.26. The Kier molecular flexibility index (Phi) is 6.38. The lowest BCUT2D eigenvalue weighted by Crippen LogP contribution is -2.27. The number of pyridine rings is 1. The molecule has 146 valence electrons. The van der Waals surface area contributed by atoms with E-state index in [1.165, 1.54) is 25.1 Å². The Morgan fingerprint density at radius 1 is 1.26 bits per heavy atom. The number of nitrogen functional groups attached to an aromatic ring is 1. The highest BCUT2D eigenvalue weighted by molar-refractivity contribution is 6.39. The summed E-state index contributed by atoms with van der Waals surface area (Å²) < 4.78 is 62.2. The number of anilines is 1. The third kappa shape index (κ3) is 4.92. The molecule has 0 aliphatic rings. The van der Waals surface area contributed by atoms with Crippen molar-refractivity contribution in [2.45, 2.75) is 25.8 Å². The van der Waals surface area contributed by atoms with E-state index < -0.39 is 47.3 Å². The van der Waals surface area contributed by atoms with Crippen LogP contribution in [0.5, 0.6) is 5.88 Å². The van der Waals surface area contributed by atoms with Crippen LogP contribution in [0.15, 0.2) is 24.3 Å². The second-order valence-electron chi connectivity index (χ2n) is 5.27. The summed E-state index contributed by atoms with van der Waals surface area (Å²) in [6.07, 6.45) is -5.95. The van der Waals surface area contributed by atoms with Gasteiger partial charge < -0.3 is 15.2 Å². The van der Waals surface area contributed by atoms with Crippen LogP contribution in [0.3, 0.4) is 0 Å². The van der Waals surface area contributed by atoms with Gasteiger partial charge in [0.25, 0.3) is 0 Å².